The minimum absolute atomic E-state index is 0.00642. The highest BCUT2D eigenvalue weighted by Crippen LogP contribution is 2.36. The Morgan fingerprint density at radius 1 is 1.22 bits per heavy atom. The van der Waals surface area contributed by atoms with Crippen LogP contribution in [0.25, 0.3) is 10.9 Å². The second-order valence-electron chi connectivity index (χ2n) is 9.40. The SMILES string of the molecule is COc1ccc2nccc([C@H](F)CC[C@@H]3CCN(CC#Cc4ccc(F)cc4F)C[C@@H]3CC(=O)O)c2c1. The Balaban J connectivity index is 1.39. The van der Waals surface area contributed by atoms with E-state index < -0.39 is 23.8 Å². The number of nitrogens with zero attached hydrogens (tertiary/aromatic N) is 2. The monoisotopic (exact) mass is 510 g/mol. The largest absolute Gasteiger partial charge is 0.497 e. The van der Waals surface area contributed by atoms with Gasteiger partial charge in [0.05, 0.1) is 24.7 Å². The van der Waals surface area contributed by atoms with Gasteiger partial charge in [0.2, 0.25) is 0 Å². The van der Waals surface area contributed by atoms with E-state index in [0.717, 1.165) is 18.6 Å². The summed E-state index contributed by atoms with van der Waals surface area (Å²) in [4.78, 5) is 17.9. The first-order valence-corrected chi connectivity index (χ1v) is 12.3. The van der Waals surface area contributed by atoms with Gasteiger partial charge >= 0.3 is 5.97 Å². The van der Waals surface area contributed by atoms with Gasteiger partial charge in [-0.2, -0.15) is 0 Å². The minimum Gasteiger partial charge on any atom is -0.497 e. The maximum absolute atomic E-state index is 15.4. The van der Waals surface area contributed by atoms with Gasteiger partial charge in [-0.05, 0) is 79.6 Å². The highest BCUT2D eigenvalue weighted by atomic mass is 19.1. The van der Waals surface area contributed by atoms with Gasteiger partial charge < -0.3 is 9.84 Å². The number of alkyl halides is 1. The molecule has 1 aliphatic heterocycles. The van der Waals surface area contributed by atoms with Crippen molar-refractivity contribution in [3.05, 3.63) is 71.4 Å². The molecule has 1 N–H and O–H groups in total. The highest BCUT2D eigenvalue weighted by Gasteiger charge is 2.31. The molecule has 0 saturated carbocycles. The van der Waals surface area contributed by atoms with E-state index in [-0.39, 0.29) is 30.2 Å². The fourth-order valence-electron chi connectivity index (χ4n) is 5.04. The van der Waals surface area contributed by atoms with Crippen LogP contribution in [0.4, 0.5) is 13.2 Å². The number of hydrogen-bond donors (Lipinski definition) is 1. The Kier molecular flexibility index (Phi) is 8.67. The summed E-state index contributed by atoms with van der Waals surface area (Å²) in [6.07, 6.45) is 1.95. The average molecular weight is 511 g/mol. The number of methoxy groups -OCH3 is 1. The molecule has 4 rings (SSSR count). The first-order valence-electron chi connectivity index (χ1n) is 12.3. The summed E-state index contributed by atoms with van der Waals surface area (Å²) in [6.45, 7) is 1.55. The molecule has 37 heavy (non-hydrogen) atoms. The standard InChI is InChI=1S/C29H29F3N2O3/c1-37-23-7-9-28-25(17-23)24(10-12-33-28)26(31)8-5-19-11-14-34(18-21(19)15-29(35)36)13-2-3-20-4-6-22(30)16-27(20)32/h4,6-7,9-10,12,16-17,19,21,26H,5,8,11,13-15,18H2,1H3,(H,35,36)/t19-,21+,26-/m1/s1. The van der Waals surface area contributed by atoms with Crippen LogP contribution in [0, 0.1) is 35.3 Å². The number of fused-ring (bicyclic) bond motifs is 1. The number of carboxylic acids is 1. The quantitative estimate of drug-likeness (QED) is 0.390. The van der Waals surface area contributed by atoms with Gasteiger partial charge in [0.25, 0.3) is 0 Å². The zero-order chi connectivity index (χ0) is 26.4. The molecule has 1 aromatic heterocycles. The molecule has 0 unspecified atom stereocenters. The fourth-order valence-corrected chi connectivity index (χ4v) is 5.04. The van der Waals surface area contributed by atoms with Gasteiger partial charge in [0, 0.05) is 30.6 Å². The zero-order valence-electron chi connectivity index (χ0n) is 20.6. The first-order chi connectivity index (χ1) is 17.8. The van der Waals surface area contributed by atoms with E-state index in [1.165, 1.54) is 6.07 Å². The lowest BCUT2D eigenvalue weighted by Gasteiger charge is -2.37. The van der Waals surface area contributed by atoms with Crippen LogP contribution in [0.1, 0.15) is 43.0 Å². The average Bonchev–Trinajstić information content (AvgIpc) is 2.88. The van der Waals surface area contributed by atoms with E-state index in [9.17, 15) is 18.7 Å². The van der Waals surface area contributed by atoms with Gasteiger partial charge in [0.1, 0.15) is 23.6 Å². The number of benzene rings is 2. The molecule has 1 saturated heterocycles. The van der Waals surface area contributed by atoms with Gasteiger partial charge in [-0.25, -0.2) is 13.2 Å². The van der Waals surface area contributed by atoms with Crippen LogP contribution in [0.2, 0.25) is 0 Å². The molecule has 2 aromatic carbocycles. The van der Waals surface area contributed by atoms with E-state index in [2.05, 4.69) is 16.8 Å². The normalized spacial score (nSPS) is 18.7. The minimum atomic E-state index is -1.21. The molecule has 5 nitrogen and oxygen atoms in total. The van der Waals surface area contributed by atoms with Crippen molar-refractivity contribution in [2.75, 3.05) is 26.7 Å². The van der Waals surface area contributed by atoms with E-state index in [1.54, 1.807) is 37.6 Å². The molecule has 194 valence electrons. The fraction of sp³-hybridized carbons (Fsp3) is 0.379. The lowest BCUT2D eigenvalue weighted by atomic mass is 9.79. The van der Waals surface area contributed by atoms with Gasteiger partial charge in [-0.15, -0.1) is 0 Å². The van der Waals surface area contributed by atoms with Crippen molar-refractivity contribution in [1.29, 1.82) is 0 Å². The molecule has 1 fully saturated rings. The Morgan fingerprint density at radius 3 is 2.81 bits per heavy atom. The third-order valence-electron chi connectivity index (χ3n) is 6.98. The Hall–Kier alpha value is -3.57. The molecular formula is C29H29F3N2O3. The summed E-state index contributed by atoms with van der Waals surface area (Å²) < 4.78 is 47.6. The zero-order valence-corrected chi connectivity index (χ0v) is 20.6. The number of hydrogen-bond acceptors (Lipinski definition) is 4. The third-order valence-corrected chi connectivity index (χ3v) is 6.98. The van der Waals surface area contributed by atoms with Crippen LogP contribution in [-0.2, 0) is 4.79 Å². The summed E-state index contributed by atoms with van der Waals surface area (Å²) in [5.41, 5.74) is 1.37. The summed E-state index contributed by atoms with van der Waals surface area (Å²) in [6, 6.07) is 10.3. The summed E-state index contributed by atoms with van der Waals surface area (Å²) in [5, 5.41) is 10.2. The van der Waals surface area contributed by atoms with Crippen molar-refractivity contribution in [1.82, 2.24) is 9.88 Å². The molecule has 0 spiro atoms. The lowest BCUT2D eigenvalue weighted by molar-refractivity contribution is -0.139. The number of aromatic nitrogens is 1. The predicted octanol–water partition coefficient (Wildman–Crippen LogP) is 5.78. The number of carboxylic acid groups (broad SMARTS) is 1. The molecule has 0 amide bonds. The smallest absolute Gasteiger partial charge is 0.303 e. The number of piperidine rings is 1. The van der Waals surface area contributed by atoms with Crippen molar-refractivity contribution in [2.24, 2.45) is 11.8 Å². The van der Waals surface area contributed by atoms with E-state index in [4.69, 9.17) is 4.74 Å². The third kappa shape index (κ3) is 6.80. The lowest BCUT2D eigenvalue weighted by Crippen LogP contribution is -2.41. The topological polar surface area (TPSA) is 62.7 Å². The van der Waals surface area contributed by atoms with Crippen LogP contribution in [0.15, 0.2) is 48.7 Å². The molecule has 0 aliphatic carbocycles. The molecular weight excluding hydrogens is 481 g/mol. The predicted molar refractivity (Wildman–Crippen MR) is 135 cm³/mol. The second kappa shape index (κ2) is 12.1. The Morgan fingerprint density at radius 2 is 2.05 bits per heavy atom. The van der Waals surface area contributed by atoms with E-state index >= 15 is 4.39 Å². The van der Waals surface area contributed by atoms with E-state index in [0.29, 0.717) is 48.3 Å². The first kappa shape index (κ1) is 26.5. The number of likely N-dealkylation sites (tertiary alicyclic amines) is 1. The second-order valence-corrected chi connectivity index (χ2v) is 9.40. The van der Waals surface area contributed by atoms with Gasteiger partial charge in [-0.3, -0.25) is 14.7 Å². The molecule has 8 heteroatoms. The van der Waals surface area contributed by atoms with E-state index in [1.807, 2.05) is 4.90 Å². The molecule has 2 heterocycles. The maximum atomic E-state index is 15.4. The van der Waals surface area contributed by atoms with Gasteiger partial charge in [-0.1, -0.05) is 11.8 Å². The van der Waals surface area contributed by atoms with Gasteiger partial charge in [0.15, 0.2) is 0 Å². The Labute approximate surface area is 214 Å². The molecule has 3 atom stereocenters. The molecule has 1 aliphatic rings. The van der Waals surface area contributed by atoms with Crippen molar-refractivity contribution < 1.29 is 27.8 Å². The highest BCUT2D eigenvalue weighted by molar-refractivity contribution is 5.83. The summed E-state index contributed by atoms with van der Waals surface area (Å²) >= 11 is 0. The summed E-state index contributed by atoms with van der Waals surface area (Å²) in [7, 11) is 1.56. The van der Waals surface area contributed by atoms with Crippen molar-refractivity contribution in [3.8, 4) is 17.6 Å². The van der Waals surface area contributed by atoms with Crippen LogP contribution in [-0.4, -0.2) is 47.7 Å². The number of pyridine rings is 1. The number of rotatable bonds is 8. The summed E-state index contributed by atoms with van der Waals surface area (Å²) in [5.74, 6) is 3.93. The van der Waals surface area contributed by atoms with Crippen LogP contribution in [0.5, 0.6) is 5.75 Å². The van der Waals surface area contributed by atoms with Crippen molar-refractivity contribution in [3.63, 3.8) is 0 Å². The molecule has 3 aromatic rings. The van der Waals surface area contributed by atoms with Crippen molar-refractivity contribution >= 4 is 16.9 Å². The van der Waals surface area contributed by atoms with Crippen LogP contribution < -0.4 is 4.74 Å². The van der Waals surface area contributed by atoms with Crippen molar-refractivity contribution in [2.45, 2.75) is 31.9 Å². The number of halogens is 3. The molecule has 0 radical (unpaired) electrons. The number of aliphatic carboxylic acids is 1. The van der Waals surface area contributed by atoms with Crippen LogP contribution in [0.3, 0.4) is 0 Å². The maximum Gasteiger partial charge on any atom is 0.303 e. The number of carbonyl (C=O) groups is 1. The molecule has 0 bridgehead atoms. The Bertz CT molecular complexity index is 1320. The van der Waals surface area contributed by atoms with Crippen LogP contribution >= 0.6 is 0 Å². The number of ether oxygens (including phenoxy) is 1.